The van der Waals surface area contributed by atoms with Crippen molar-refractivity contribution >= 4 is 18.0 Å². The number of ether oxygens (including phenoxy) is 2. The maximum absolute atomic E-state index is 10.0. The smallest absolute Gasteiger partial charge is 0.417 e. The first kappa shape index (κ1) is 12.8. The van der Waals surface area contributed by atoms with Gasteiger partial charge in [0, 0.05) is 0 Å². The molecule has 12 heavy (non-hydrogen) atoms. The summed E-state index contributed by atoms with van der Waals surface area (Å²) < 4.78 is 7.98. The van der Waals surface area contributed by atoms with Gasteiger partial charge in [-0.25, -0.2) is 14.4 Å². The molecule has 0 aromatic heterocycles. The van der Waals surface area contributed by atoms with Gasteiger partial charge in [0.1, 0.15) is 0 Å². The van der Waals surface area contributed by atoms with Crippen LogP contribution in [0, 0.1) is 0 Å². The van der Waals surface area contributed by atoms with Crippen LogP contribution in [0.25, 0.3) is 0 Å². The van der Waals surface area contributed by atoms with Crippen LogP contribution in [0.3, 0.4) is 0 Å². The molecule has 0 fully saturated rings. The van der Waals surface area contributed by atoms with Crippen molar-refractivity contribution in [2.75, 3.05) is 14.2 Å². The molecular weight excluding hydrogens is 168 g/mol. The summed E-state index contributed by atoms with van der Waals surface area (Å²) in [7, 11) is 2.22. The third-order valence-electron chi connectivity index (χ3n) is 0.537. The molecule has 7 heteroatoms. The van der Waals surface area contributed by atoms with Gasteiger partial charge in [-0.15, -0.1) is 0 Å². The van der Waals surface area contributed by atoms with Gasteiger partial charge in [0.05, 0.1) is 14.2 Å². The first-order chi connectivity index (χ1) is 5.45. The van der Waals surface area contributed by atoms with Gasteiger partial charge in [0.15, 0.2) is 0 Å². The van der Waals surface area contributed by atoms with Crippen LogP contribution in [0.1, 0.15) is 0 Å². The average molecular weight is 178 g/mol. The van der Waals surface area contributed by atoms with E-state index in [0.717, 1.165) is 14.2 Å². The van der Waals surface area contributed by atoms with Gasteiger partial charge >= 0.3 is 18.0 Å². The first-order valence-corrected chi connectivity index (χ1v) is 2.66. The van der Waals surface area contributed by atoms with Crippen LogP contribution < -0.4 is 11.5 Å². The molecule has 0 atom stereocenters. The molecular formula is C5H10N2O5. The van der Waals surface area contributed by atoms with Crippen molar-refractivity contribution in [2.45, 2.75) is 0 Å². The van der Waals surface area contributed by atoms with Crippen LogP contribution >= 0.6 is 0 Å². The minimum absolute atomic E-state index is 0.833. The minimum Gasteiger partial charge on any atom is -0.461 e. The summed E-state index contributed by atoms with van der Waals surface area (Å²) in [6.07, 6.45) is 0. The Kier molecular flexibility index (Phi) is 7.84. The SMILES string of the molecule is COC(=O)C(=O)OC.NC(N)=O. The molecule has 0 radical (unpaired) electrons. The molecule has 7 nitrogen and oxygen atoms in total. The fraction of sp³-hybridized carbons (Fsp3) is 0.400. The van der Waals surface area contributed by atoms with Crippen LogP contribution in [-0.2, 0) is 19.1 Å². The summed E-state index contributed by atoms with van der Waals surface area (Å²) >= 11 is 0. The maximum atomic E-state index is 10.0. The van der Waals surface area contributed by atoms with E-state index in [4.69, 9.17) is 4.79 Å². The first-order valence-electron chi connectivity index (χ1n) is 2.66. The summed E-state index contributed by atoms with van der Waals surface area (Å²) in [6.45, 7) is 0. The molecule has 0 aliphatic rings. The number of nitrogens with two attached hydrogens (primary N) is 2. The summed E-state index contributed by atoms with van der Waals surface area (Å²) in [5.41, 5.74) is 8.50. The van der Waals surface area contributed by atoms with E-state index in [0.29, 0.717) is 0 Å². The normalized spacial score (nSPS) is 7.17. The number of hydrogen-bond acceptors (Lipinski definition) is 5. The highest BCUT2D eigenvalue weighted by molar-refractivity contribution is 6.29. The molecule has 0 aromatic rings. The predicted molar refractivity (Wildman–Crippen MR) is 37.8 cm³/mol. The molecule has 0 bridgehead atoms. The third-order valence-corrected chi connectivity index (χ3v) is 0.537. The number of urea groups is 1. The Morgan fingerprint density at radius 3 is 1.17 bits per heavy atom. The zero-order chi connectivity index (χ0) is 10.1. The molecule has 0 rings (SSSR count). The molecule has 0 aliphatic carbocycles. The number of carbonyl (C=O) groups is 3. The molecule has 4 N–H and O–H groups in total. The van der Waals surface area contributed by atoms with Crippen molar-refractivity contribution in [2.24, 2.45) is 11.5 Å². The predicted octanol–water partition coefficient (Wildman–Crippen LogP) is -1.64. The van der Waals surface area contributed by atoms with Crippen LogP contribution in [0.5, 0.6) is 0 Å². The zero-order valence-electron chi connectivity index (χ0n) is 6.70. The van der Waals surface area contributed by atoms with Gasteiger partial charge in [-0.2, -0.15) is 0 Å². The molecule has 0 saturated carbocycles. The van der Waals surface area contributed by atoms with Crippen molar-refractivity contribution in [3.8, 4) is 0 Å². The lowest BCUT2D eigenvalue weighted by molar-refractivity contribution is -0.164. The largest absolute Gasteiger partial charge is 0.461 e. The summed E-state index contributed by atoms with van der Waals surface area (Å²) in [4.78, 5) is 29.1. The summed E-state index contributed by atoms with van der Waals surface area (Å²) in [6, 6.07) is -0.833. The van der Waals surface area contributed by atoms with E-state index in [1.54, 1.807) is 0 Å². The van der Waals surface area contributed by atoms with E-state index < -0.39 is 18.0 Å². The average Bonchev–Trinajstić information content (AvgIpc) is 2.00. The number of amides is 2. The number of carbonyl (C=O) groups excluding carboxylic acids is 3. The standard InChI is InChI=1S/C4H6O4.CH4N2O/c1-7-3(5)4(6)8-2;2-1(3)4/h1-2H3;(H4,2,3,4). The lowest BCUT2D eigenvalue weighted by Crippen LogP contribution is -2.18. The molecule has 0 heterocycles. The van der Waals surface area contributed by atoms with E-state index >= 15 is 0 Å². The van der Waals surface area contributed by atoms with E-state index in [1.807, 2.05) is 0 Å². The molecule has 0 aromatic carbocycles. The highest BCUT2D eigenvalue weighted by Gasteiger charge is 2.11. The zero-order valence-corrected chi connectivity index (χ0v) is 6.70. The summed E-state index contributed by atoms with van der Waals surface area (Å²) in [5, 5.41) is 0. The van der Waals surface area contributed by atoms with Crippen molar-refractivity contribution in [3.05, 3.63) is 0 Å². The quantitative estimate of drug-likeness (QED) is 0.340. The maximum Gasteiger partial charge on any atom is 0.417 e. The van der Waals surface area contributed by atoms with Crippen LogP contribution in [-0.4, -0.2) is 32.2 Å². The Labute approximate surface area is 68.6 Å². The molecule has 0 unspecified atom stereocenters. The monoisotopic (exact) mass is 178 g/mol. The number of hydrogen-bond donors (Lipinski definition) is 2. The number of rotatable bonds is 0. The van der Waals surface area contributed by atoms with Crippen LogP contribution in [0.2, 0.25) is 0 Å². The van der Waals surface area contributed by atoms with E-state index in [2.05, 4.69) is 20.9 Å². The van der Waals surface area contributed by atoms with Gasteiger partial charge in [0.2, 0.25) is 0 Å². The van der Waals surface area contributed by atoms with Crippen LogP contribution in [0.15, 0.2) is 0 Å². The summed E-state index contributed by atoms with van der Waals surface area (Å²) in [5.74, 6) is -1.96. The van der Waals surface area contributed by atoms with Gasteiger partial charge < -0.3 is 20.9 Å². The highest BCUT2D eigenvalue weighted by atomic mass is 16.6. The number of primary amides is 2. The Balaban J connectivity index is 0. The third kappa shape index (κ3) is 11.1. The van der Waals surface area contributed by atoms with Crippen molar-refractivity contribution in [3.63, 3.8) is 0 Å². The van der Waals surface area contributed by atoms with Gasteiger partial charge in [-0.1, -0.05) is 0 Å². The minimum atomic E-state index is -0.979. The molecule has 2 amide bonds. The Morgan fingerprint density at radius 2 is 1.08 bits per heavy atom. The fourth-order valence-corrected chi connectivity index (χ4v) is 0.167. The van der Waals surface area contributed by atoms with Crippen molar-refractivity contribution < 1.29 is 23.9 Å². The highest BCUT2D eigenvalue weighted by Crippen LogP contribution is 1.75. The fourth-order valence-electron chi connectivity index (χ4n) is 0.167. The number of methoxy groups -OCH3 is 2. The molecule has 0 saturated heterocycles. The molecule has 0 aliphatic heterocycles. The van der Waals surface area contributed by atoms with Crippen molar-refractivity contribution in [1.82, 2.24) is 0 Å². The Hall–Kier alpha value is -1.79. The Morgan fingerprint density at radius 1 is 0.917 bits per heavy atom. The Bertz CT molecular complexity index is 161. The van der Waals surface area contributed by atoms with Crippen LogP contribution in [0.4, 0.5) is 4.79 Å². The second kappa shape index (κ2) is 7.32. The van der Waals surface area contributed by atoms with Crippen molar-refractivity contribution in [1.29, 1.82) is 0 Å². The lowest BCUT2D eigenvalue weighted by Gasteiger charge is -1.92. The van der Waals surface area contributed by atoms with Gasteiger partial charge in [-0.05, 0) is 0 Å². The van der Waals surface area contributed by atoms with E-state index in [-0.39, 0.29) is 0 Å². The second-order valence-corrected chi connectivity index (χ2v) is 1.39. The number of esters is 2. The topological polar surface area (TPSA) is 122 Å². The van der Waals surface area contributed by atoms with E-state index in [1.165, 1.54) is 0 Å². The second-order valence-electron chi connectivity index (χ2n) is 1.39. The lowest BCUT2D eigenvalue weighted by atomic mass is 10.7. The molecule has 70 valence electrons. The van der Waals surface area contributed by atoms with E-state index in [9.17, 15) is 9.59 Å². The van der Waals surface area contributed by atoms with Gasteiger partial charge in [-0.3, -0.25) is 0 Å². The molecule has 0 spiro atoms. The van der Waals surface area contributed by atoms with Gasteiger partial charge in [0.25, 0.3) is 0 Å².